The van der Waals surface area contributed by atoms with Crippen molar-refractivity contribution in [3.63, 3.8) is 0 Å². The molecule has 1 aromatic heterocycles. The van der Waals surface area contributed by atoms with Crippen molar-refractivity contribution in [1.82, 2.24) is 15.5 Å². The normalized spacial score (nSPS) is 12.5. The Bertz CT molecular complexity index is 473. The van der Waals surface area contributed by atoms with Crippen LogP contribution in [-0.2, 0) is 11.2 Å². The fraction of sp³-hybridized carbons (Fsp3) is 0.667. The van der Waals surface area contributed by atoms with Crippen molar-refractivity contribution in [2.75, 3.05) is 5.32 Å². The number of nitrogens with zero attached hydrogens (tertiary/aromatic N) is 2. The third-order valence-corrected chi connectivity index (χ3v) is 3.35. The molecule has 0 aliphatic carbocycles. The number of aromatic nitrogens is 2. The molecule has 0 spiro atoms. The van der Waals surface area contributed by atoms with Gasteiger partial charge in [-0.3, -0.25) is 5.32 Å². The van der Waals surface area contributed by atoms with E-state index in [0.717, 1.165) is 11.4 Å². The Morgan fingerprint density at radius 2 is 1.90 bits per heavy atom. The third kappa shape index (κ3) is 5.12. The van der Waals surface area contributed by atoms with Crippen LogP contribution in [0.25, 0.3) is 0 Å². The first kappa shape index (κ1) is 16.4. The molecule has 2 amide bonds. The Kier molecular flexibility index (Phi) is 5.87. The fourth-order valence-corrected chi connectivity index (χ4v) is 2.47. The predicted molar refractivity (Wildman–Crippen MR) is 76.9 cm³/mol. The lowest BCUT2D eigenvalue weighted by atomic mass is 10.1. The molecule has 8 heteroatoms. The molecule has 0 saturated carbocycles. The molecule has 1 aromatic rings. The molecule has 0 bridgehead atoms. The van der Waals surface area contributed by atoms with Crippen LogP contribution in [-0.4, -0.2) is 33.3 Å². The number of hydrogen-bond acceptors (Lipinski definition) is 5. The number of aliphatic carboxylic acids is 1. The summed E-state index contributed by atoms with van der Waals surface area (Å²) in [6.45, 7) is 7.60. The first-order chi connectivity index (χ1) is 9.29. The Balaban J connectivity index is 2.57. The summed E-state index contributed by atoms with van der Waals surface area (Å²) < 4.78 is 0. The van der Waals surface area contributed by atoms with Gasteiger partial charge >= 0.3 is 12.0 Å². The molecule has 112 valence electrons. The van der Waals surface area contributed by atoms with Gasteiger partial charge < -0.3 is 10.4 Å². The van der Waals surface area contributed by atoms with Gasteiger partial charge in [0.05, 0.1) is 0 Å². The lowest BCUT2D eigenvalue weighted by Crippen LogP contribution is -2.46. The molecule has 1 rings (SSSR count). The zero-order valence-electron chi connectivity index (χ0n) is 12.0. The van der Waals surface area contributed by atoms with E-state index in [1.54, 1.807) is 13.8 Å². The maximum absolute atomic E-state index is 11.7. The third-order valence-electron chi connectivity index (χ3n) is 2.49. The lowest BCUT2D eigenvalue weighted by Gasteiger charge is -2.17. The van der Waals surface area contributed by atoms with Gasteiger partial charge in [-0.15, -0.1) is 10.2 Å². The van der Waals surface area contributed by atoms with Crippen molar-refractivity contribution < 1.29 is 14.7 Å². The summed E-state index contributed by atoms with van der Waals surface area (Å²) in [5, 5.41) is 22.9. The first-order valence-electron chi connectivity index (χ1n) is 6.42. The Morgan fingerprint density at radius 1 is 1.25 bits per heavy atom. The highest BCUT2D eigenvalue weighted by molar-refractivity contribution is 7.15. The second-order valence-electron chi connectivity index (χ2n) is 5.26. The SMILES string of the molecule is CC(C)Cc1nnc(NC(=O)N[C@@H](C(=O)O)C(C)C)s1. The number of carbonyl (C=O) groups is 2. The average molecular weight is 300 g/mol. The van der Waals surface area contributed by atoms with Gasteiger partial charge in [0.1, 0.15) is 11.0 Å². The highest BCUT2D eigenvalue weighted by Gasteiger charge is 2.23. The van der Waals surface area contributed by atoms with Crippen LogP contribution in [0.5, 0.6) is 0 Å². The molecule has 0 aromatic carbocycles. The minimum Gasteiger partial charge on any atom is -0.480 e. The van der Waals surface area contributed by atoms with E-state index >= 15 is 0 Å². The lowest BCUT2D eigenvalue weighted by molar-refractivity contribution is -0.140. The molecular formula is C12H20N4O3S. The van der Waals surface area contributed by atoms with Crippen molar-refractivity contribution in [2.45, 2.75) is 40.2 Å². The molecule has 1 heterocycles. The molecule has 0 unspecified atom stereocenters. The highest BCUT2D eigenvalue weighted by Crippen LogP contribution is 2.18. The van der Waals surface area contributed by atoms with Gasteiger partial charge in [-0.1, -0.05) is 39.0 Å². The van der Waals surface area contributed by atoms with Crippen molar-refractivity contribution in [3.8, 4) is 0 Å². The monoisotopic (exact) mass is 300 g/mol. The molecule has 20 heavy (non-hydrogen) atoms. The molecule has 0 aliphatic heterocycles. The number of hydrogen-bond donors (Lipinski definition) is 3. The molecular weight excluding hydrogens is 280 g/mol. The topological polar surface area (TPSA) is 104 Å². The van der Waals surface area contributed by atoms with Gasteiger partial charge in [0, 0.05) is 6.42 Å². The molecule has 3 N–H and O–H groups in total. The van der Waals surface area contributed by atoms with Gasteiger partial charge in [-0.2, -0.15) is 0 Å². The standard InChI is InChI=1S/C12H20N4O3S/c1-6(2)5-8-15-16-12(20-8)14-11(19)13-9(7(3)4)10(17)18/h6-7,9H,5H2,1-4H3,(H,17,18)(H2,13,14,16,19)/t9-/m1/s1. The van der Waals surface area contributed by atoms with Crippen molar-refractivity contribution in [1.29, 1.82) is 0 Å². The van der Waals surface area contributed by atoms with E-state index in [-0.39, 0.29) is 5.92 Å². The summed E-state index contributed by atoms with van der Waals surface area (Å²) in [7, 11) is 0. The summed E-state index contributed by atoms with van der Waals surface area (Å²) >= 11 is 1.29. The molecule has 0 radical (unpaired) electrons. The van der Waals surface area contributed by atoms with Crippen LogP contribution < -0.4 is 10.6 Å². The Labute approximate surface area is 121 Å². The average Bonchev–Trinajstić information content (AvgIpc) is 2.71. The molecule has 1 atom stereocenters. The van der Waals surface area contributed by atoms with E-state index in [2.05, 4.69) is 34.7 Å². The summed E-state index contributed by atoms with van der Waals surface area (Å²) in [4.78, 5) is 22.7. The number of rotatable bonds is 6. The van der Waals surface area contributed by atoms with E-state index in [1.807, 2.05) is 0 Å². The van der Waals surface area contributed by atoms with Gasteiger partial charge in [0.15, 0.2) is 0 Å². The highest BCUT2D eigenvalue weighted by atomic mass is 32.1. The summed E-state index contributed by atoms with van der Waals surface area (Å²) in [5.41, 5.74) is 0. The fourth-order valence-electron chi connectivity index (χ4n) is 1.52. The second kappa shape index (κ2) is 7.18. The van der Waals surface area contributed by atoms with Crippen molar-refractivity contribution in [3.05, 3.63) is 5.01 Å². The van der Waals surface area contributed by atoms with Crippen LogP contribution in [0.15, 0.2) is 0 Å². The number of carbonyl (C=O) groups excluding carboxylic acids is 1. The van der Waals surface area contributed by atoms with Crippen LogP contribution in [0, 0.1) is 11.8 Å². The number of carboxylic acid groups (broad SMARTS) is 1. The predicted octanol–water partition coefficient (Wildman–Crippen LogP) is 1.97. The number of anilines is 1. The first-order valence-corrected chi connectivity index (χ1v) is 7.24. The van der Waals surface area contributed by atoms with Crippen molar-refractivity contribution in [2.24, 2.45) is 11.8 Å². The molecule has 0 aliphatic rings. The maximum Gasteiger partial charge on any atom is 0.326 e. The zero-order valence-corrected chi connectivity index (χ0v) is 12.8. The van der Waals surface area contributed by atoms with Gasteiger partial charge in [-0.25, -0.2) is 9.59 Å². The molecule has 0 saturated heterocycles. The van der Waals surface area contributed by atoms with Crippen LogP contribution >= 0.6 is 11.3 Å². The molecule has 7 nitrogen and oxygen atoms in total. The second-order valence-corrected chi connectivity index (χ2v) is 6.32. The van der Waals surface area contributed by atoms with E-state index in [0.29, 0.717) is 11.0 Å². The number of urea groups is 1. The van der Waals surface area contributed by atoms with E-state index < -0.39 is 18.0 Å². The minimum absolute atomic E-state index is 0.204. The van der Waals surface area contributed by atoms with Crippen LogP contribution in [0.2, 0.25) is 0 Å². The molecule has 0 fully saturated rings. The minimum atomic E-state index is -1.06. The van der Waals surface area contributed by atoms with Gasteiger partial charge in [0.2, 0.25) is 5.13 Å². The maximum atomic E-state index is 11.7. The van der Waals surface area contributed by atoms with Crippen LogP contribution in [0.1, 0.15) is 32.7 Å². The van der Waals surface area contributed by atoms with Crippen molar-refractivity contribution >= 4 is 28.5 Å². The smallest absolute Gasteiger partial charge is 0.326 e. The largest absolute Gasteiger partial charge is 0.480 e. The van der Waals surface area contributed by atoms with E-state index in [1.165, 1.54) is 11.3 Å². The Morgan fingerprint density at radius 3 is 2.40 bits per heavy atom. The summed E-state index contributed by atoms with van der Waals surface area (Å²) in [5.74, 6) is -0.806. The number of nitrogens with one attached hydrogen (secondary N) is 2. The zero-order chi connectivity index (χ0) is 15.3. The number of carboxylic acids is 1. The number of amides is 2. The Hall–Kier alpha value is -1.70. The van der Waals surface area contributed by atoms with Gasteiger partial charge in [-0.05, 0) is 11.8 Å². The summed E-state index contributed by atoms with van der Waals surface area (Å²) in [6.07, 6.45) is 0.796. The van der Waals surface area contributed by atoms with Crippen LogP contribution in [0.3, 0.4) is 0 Å². The van der Waals surface area contributed by atoms with E-state index in [4.69, 9.17) is 5.11 Å². The van der Waals surface area contributed by atoms with Crippen LogP contribution in [0.4, 0.5) is 9.93 Å². The van der Waals surface area contributed by atoms with Gasteiger partial charge in [0.25, 0.3) is 0 Å². The summed E-state index contributed by atoms with van der Waals surface area (Å²) in [6, 6.07) is -1.52. The quantitative estimate of drug-likeness (QED) is 0.745. The van der Waals surface area contributed by atoms with E-state index in [9.17, 15) is 9.59 Å².